The quantitative estimate of drug-likeness (QED) is 0.842. The Morgan fingerprint density at radius 2 is 1.78 bits per heavy atom. The minimum Gasteiger partial charge on any atom is -0.356 e. The van der Waals surface area contributed by atoms with Crippen molar-refractivity contribution in [3.05, 3.63) is 0 Å². The van der Waals surface area contributed by atoms with Gasteiger partial charge in [0.25, 0.3) is 0 Å². The Balaban J connectivity index is 1.88. The van der Waals surface area contributed by atoms with Gasteiger partial charge >= 0.3 is 0 Å². The van der Waals surface area contributed by atoms with Crippen LogP contribution < -0.4 is 5.32 Å². The summed E-state index contributed by atoms with van der Waals surface area (Å²) in [6.45, 7) is 8.27. The Morgan fingerprint density at radius 3 is 2.43 bits per heavy atom. The Labute approximate surface area is 140 Å². The topological polar surface area (TPSA) is 52.7 Å². The summed E-state index contributed by atoms with van der Waals surface area (Å²) in [5.74, 6) is 0.294. The van der Waals surface area contributed by atoms with Crippen molar-refractivity contribution >= 4 is 11.8 Å². The molecule has 0 radical (unpaired) electrons. The van der Waals surface area contributed by atoms with Crippen LogP contribution in [0.3, 0.4) is 0 Å². The predicted octanol–water partition coefficient (Wildman–Crippen LogP) is 2.02. The third-order valence-electron chi connectivity index (χ3n) is 5.20. The van der Waals surface area contributed by atoms with Crippen molar-refractivity contribution in [2.45, 2.75) is 64.8 Å². The summed E-state index contributed by atoms with van der Waals surface area (Å²) < 4.78 is 0. The lowest BCUT2D eigenvalue weighted by molar-refractivity contribution is -0.140. The minimum absolute atomic E-state index is 0.0319. The maximum absolute atomic E-state index is 12.8. The summed E-state index contributed by atoms with van der Waals surface area (Å²) in [5.41, 5.74) is 0. The highest BCUT2D eigenvalue weighted by molar-refractivity contribution is 5.83. The van der Waals surface area contributed by atoms with E-state index in [1.807, 2.05) is 11.8 Å². The normalized spacial score (nSPS) is 24.8. The van der Waals surface area contributed by atoms with Gasteiger partial charge in [-0.15, -0.1) is 0 Å². The van der Waals surface area contributed by atoms with E-state index in [9.17, 15) is 9.59 Å². The Kier molecular flexibility index (Phi) is 7.34. The first-order valence-corrected chi connectivity index (χ1v) is 9.44. The second-order valence-electron chi connectivity index (χ2n) is 7.04. The molecule has 0 aromatic carbocycles. The molecule has 1 N–H and O–H groups in total. The fraction of sp³-hybridized carbons (Fsp3) is 0.889. The van der Waals surface area contributed by atoms with Gasteiger partial charge in [-0.25, -0.2) is 0 Å². The SMILES string of the molecule is CCCNC(=O)C1CCCN(C(=O)C(C)N2CCCCCC2)C1. The van der Waals surface area contributed by atoms with Gasteiger partial charge in [0.2, 0.25) is 11.8 Å². The lowest BCUT2D eigenvalue weighted by atomic mass is 9.96. The number of piperidine rings is 1. The van der Waals surface area contributed by atoms with Gasteiger partial charge in [0.1, 0.15) is 0 Å². The number of carbonyl (C=O) groups is 2. The molecular weight excluding hydrogens is 290 g/mol. The van der Waals surface area contributed by atoms with E-state index in [1.165, 1.54) is 25.7 Å². The first kappa shape index (κ1) is 18.2. The number of nitrogens with one attached hydrogen (secondary N) is 1. The molecule has 2 aliphatic rings. The maximum atomic E-state index is 12.8. The lowest BCUT2D eigenvalue weighted by Crippen LogP contribution is -2.52. The van der Waals surface area contributed by atoms with Crippen LogP contribution in [0.1, 0.15) is 58.8 Å². The second-order valence-corrected chi connectivity index (χ2v) is 7.04. The number of hydrogen-bond donors (Lipinski definition) is 1. The molecule has 2 rings (SSSR count). The van der Waals surface area contributed by atoms with Crippen LogP contribution in [0.2, 0.25) is 0 Å². The molecule has 2 saturated heterocycles. The molecule has 5 heteroatoms. The zero-order valence-electron chi connectivity index (χ0n) is 14.9. The standard InChI is InChI=1S/C18H33N3O2/c1-3-10-19-17(22)16-9-8-13-21(14-16)18(23)15(2)20-11-6-4-5-7-12-20/h15-16H,3-14H2,1-2H3,(H,19,22). The molecule has 0 saturated carbocycles. The van der Waals surface area contributed by atoms with E-state index in [1.54, 1.807) is 0 Å². The Bertz CT molecular complexity index is 392. The molecule has 2 aliphatic heterocycles. The van der Waals surface area contributed by atoms with Gasteiger partial charge in [-0.3, -0.25) is 14.5 Å². The van der Waals surface area contributed by atoms with Crippen LogP contribution in [0.15, 0.2) is 0 Å². The van der Waals surface area contributed by atoms with Crippen LogP contribution in [0.25, 0.3) is 0 Å². The first-order valence-electron chi connectivity index (χ1n) is 9.44. The zero-order chi connectivity index (χ0) is 16.7. The molecule has 0 aromatic heterocycles. The fourth-order valence-electron chi connectivity index (χ4n) is 3.69. The van der Waals surface area contributed by atoms with E-state index in [0.29, 0.717) is 6.54 Å². The van der Waals surface area contributed by atoms with Crippen LogP contribution in [0.4, 0.5) is 0 Å². The highest BCUT2D eigenvalue weighted by atomic mass is 16.2. The minimum atomic E-state index is -0.0504. The zero-order valence-corrected chi connectivity index (χ0v) is 14.9. The van der Waals surface area contributed by atoms with Gasteiger partial charge in [0, 0.05) is 19.6 Å². The smallest absolute Gasteiger partial charge is 0.239 e. The van der Waals surface area contributed by atoms with Crippen molar-refractivity contribution < 1.29 is 9.59 Å². The summed E-state index contributed by atoms with van der Waals surface area (Å²) in [4.78, 5) is 29.3. The molecule has 2 amide bonds. The molecule has 0 bridgehead atoms. The molecule has 23 heavy (non-hydrogen) atoms. The van der Waals surface area contributed by atoms with Crippen LogP contribution in [-0.4, -0.2) is 60.4 Å². The molecule has 0 aliphatic carbocycles. The average molecular weight is 323 g/mol. The van der Waals surface area contributed by atoms with Crippen molar-refractivity contribution in [1.82, 2.24) is 15.1 Å². The molecule has 2 unspecified atom stereocenters. The molecule has 2 heterocycles. The van der Waals surface area contributed by atoms with E-state index in [2.05, 4.69) is 17.1 Å². The van der Waals surface area contributed by atoms with Gasteiger partial charge < -0.3 is 10.2 Å². The molecule has 2 fully saturated rings. The van der Waals surface area contributed by atoms with Crippen LogP contribution in [0, 0.1) is 5.92 Å². The van der Waals surface area contributed by atoms with Gasteiger partial charge in [-0.05, 0) is 52.1 Å². The number of carbonyl (C=O) groups excluding carboxylic acids is 2. The van der Waals surface area contributed by atoms with Gasteiger partial charge in [-0.1, -0.05) is 19.8 Å². The third kappa shape index (κ3) is 5.20. The highest BCUT2D eigenvalue weighted by Gasteiger charge is 2.32. The number of rotatable bonds is 5. The lowest BCUT2D eigenvalue weighted by Gasteiger charge is -2.36. The second kappa shape index (κ2) is 9.26. The molecular formula is C18H33N3O2. The average Bonchev–Trinajstić information content (AvgIpc) is 2.87. The van der Waals surface area contributed by atoms with E-state index in [0.717, 1.165) is 45.4 Å². The highest BCUT2D eigenvalue weighted by Crippen LogP contribution is 2.20. The summed E-state index contributed by atoms with van der Waals surface area (Å²) in [5, 5.41) is 2.98. The van der Waals surface area contributed by atoms with Gasteiger partial charge in [0.05, 0.1) is 12.0 Å². The van der Waals surface area contributed by atoms with Crippen molar-refractivity contribution in [3.63, 3.8) is 0 Å². The van der Waals surface area contributed by atoms with Crippen molar-refractivity contribution in [3.8, 4) is 0 Å². The van der Waals surface area contributed by atoms with Gasteiger partial charge in [0.15, 0.2) is 0 Å². The largest absolute Gasteiger partial charge is 0.356 e. The van der Waals surface area contributed by atoms with Gasteiger partial charge in [-0.2, -0.15) is 0 Å². The maximum Gasteiger partial charge on any atom is 0.239 e. The van der Waals surface area contributed by atoms with Crippen molar-refractivity contribution in [1.29, 1.82) is 0 Å². The number of nitrogens with zero attached hydrogens (tertiary/aromatic N) is 2. The number of likely N-dealkylation sites (tertiary alicyclic amines) is 2. The predicted molar refractivity (Wildman–Crippen MR) is 92.1 cm³/mol. The number of amides is 2. The Morgan fingerprint density at radius 1 is 1.09 bits per heavy atom. The monoisotopic (exact) mass is 323 g/mol. The summed E-state index contributed by atoms with van der Waals surface area (Å²) >= 11 is 0. The summed E-state index contributed by atoms with van der Waals surface area (Å²) in [6, 6.07) is -0.0504. The van der Waals surface area contributed by atoms with Crippen LogP contribution in [-0.2, 0) is 9.59 Å². The van der Waals surface area contributed by atoms with Crippen LogP contribution >= 0.6 is 0 Å². The van der Waals surface area contributed by atoms with Crippen molar-refractivity contribution in [2.75, 3.05) is 32.7 Å². The van der Waals surface area contributed by atoms with E-state index < -0.39 is 0 Å². The van der Waals surface area contributed by atoms with Crippen molar-refractivity contribution in [2.24, 2.45) is 5.92 Å². The van der Waals surface area contributed by atoms with E-state index in [4.69, 9.17) is 0 Å². The Hall–Kier alpha value is -1.10. The molecule has 5 nitrogen and oxygen atoms in total. The molecule has 2 atom stereocenters. The molecule has 0 aromatic rings. The third-order valence-corrected chi connectivity index (χ3v) is 5.20. The van der Waals surface area contributed by atoms with E-state index >= 15 is 0 Å². The number of hydrogen-bond acceptors (Lipinski definition) is 3. The summed E-state index contributed by atoms with van der Waals surface area (Å²) in [7, 11) is 0. The van der Waals surface area contributed by atoms with E-state index in [-0.39, 0.29) is 23.8 Å². The molecule has 132 valence electrons. The van der Waals surface area contributed by atoms with Crippen LogP contribution in [0.5, 0.6) is 0 Å². The first-order chi connectivity index (χ1) is 11.1. The summed E-state index contributed by atoms with van der Waals surface area (Å²) in [6.07, 6.45) is 7.73. The fourth-order valence-corrected chi connectivity index (χ4v) is 3.69. The molecule has 0 spiro atoms.